The van der Waals surface area contributed by atoms with E-state index in [1.54, 1.807) is 7.11 Å². The van der Waals surface area contributed by atoms with Crippen LogP contribution in [-0.2, 0) is 14.2 Å². The smallest absolute Gasteiger partial charge is 0.167 e. The summed E-state index contributed by atoms with van der Waals surface area (Å²) in [5.41, 5.74) is 0. The Bertz CT molecular complexity index is 144. The molecule has 0 radical (unpaired) electrons. The van der Waals surface area contributed by atoms with Gasteiger partial charge in [0.1, 0.15) is 0 Å². The summed E-state index contributed by atoms with van der Waals surface area (Å²) in [5, 5.41) is 0. The Morgan fingerprint density at radius 1 is 1.31 bits per heavy atom. The molecule has 13 heavy (non-hydrogen) atoms. The highest BCUT2D eigenvalue weighted by molar-refractivity contribution is 4.74. The van der Waals surface area contributed by atoms with Crippen molar-refractivity contribution in [2.75, 3.05) is 26.9 Å². The molecule has 2 unspecified atom stereocenters. The van der Waals surface area contributed by atoms with E-state index in [0.29, 0.717) is 5.92 Å². The van der Waals surface area contributed by atoms with Gasteiger partial charge in [0.25, 0.3) is 0 Å². The summed E-state index contributed by atoms with van der Waals surface area (Å²) in [4.78, 5) is 0. The van der Waals surface area contributed by atoms with E-state index in [1.165, 1.54) is 12.8 Å². The molecule has 3 nitrogen and oxygen atoms in total. The highest BCUT2D eigenvalue weighted by atomic mass is 16.7. The van der Waals surface area contributed by atoms with Crippen molar-refractivity contribution in [2.45, 2.75) is 32.5 Å². The van der Waals surface area contributed by atoms with Gasteiger partial charge in [0.15, 0.2) is 5.79 Å². The van der Waals surface area contributed by atoms with Crippen LogP contribution in [0.3, 0.4) is 0 Å². The molecule has 2 aliphatic heterocycles. The zero-order valence-corrected chi connectivity index (χ0v) is 8.84. The van der Waals surface area contributed by atoms with Gasteiger partial charge in [-0.25, -0.2) is 0 Å². The molecule has 2 atom stereocenters. The van der Waals surface area contributed by atoms with Crippen molar-refractivity contribution in [2.24, 2.45) is 5.92 Å². The molecule has 0 aliphatic carbocycles. The predicted octanol–water partition coefficient (Wildman–Crippen LogP) is 1.81. The number of hydrogen-bond donors (Lipinski definition) is 0. The summed E-state index contributed by atoms with van der Waals surface area (Å²) in [5.74, 6) is 0.198. The molecule has 2 aliphatic rings. The number of rotatable bonds is 1. The van der Waals surface area contributed by atoms with Crippen LogP contribution in [0.2, 0.25) is 0 Å². The van der Waals surface area contributed by atoms with Gasteiger partial charge in [-0.15, -0.1) is 0 Å². The first-order chi connectivity index (χ1) is 6.19. The fourth-order valence-corrected chi connectivity index (χ4v) is 1.33. The van der Waals surface area contributed by atoms with Crippen molar-refractivity contribution in [3.05, 3.63) is 0 Å². The van der Waals surface area contributed by atoms with Gasteiger partial charge in [0.2, 0.25) is 0 Å². The molecule has 78 valence electrons. The topological polar surface area (TPSA) is 31.0 Å². The van der Waals surface area contributed by atoms with Crippen LogP contribution >= 0.6 is 0 Å². The van der Waals surface area contributed by atoms with Crippen molar-refractivity contribution in [3.63, 3.8) is 0 Å². The van der Waals surface area contributed by atoms with E-state index in [4.69, 9.17) is 9.47 Å². The van der Waals surface area contributed by atoms with Crippen molar-refractivity contribution in [1.29, 1.82) is 0 Å². The minimum Gasteiger partial charge on any atom is -0.377 e. The number of hydrogen-bond acceptors (Lipinski definition) is 3. The van der Waals surface area contributed by atoms with Crippen LogP contribution in [0.5, 0.6) is 0 Å². The van der Waals surface area contributed by atoms with Gasteiger partial charge in [0.05, 0.1) is 19.8 Å². The van der Waals surface area contributed by atoms with Gasteiger partial charge in [-0.3, -0.25) is 0 Å². The highest BCUT2D eigenvalue weighted by Gasteiger charge is 2.34. The Labute approximate surface area is 80.4 Å². The molecule has 0 bridgehead atoms. The first-order valence-corrected chi connectivity index (χ1v) is 4.96. The zero-order valence-electron chi connectivity index (χ0n) is 8.84. The maximum absolute atomic E-state index is 5.50. The summed E-state index contributed by atoms with van der Waals surface area (Å²) in [7, 11) is 1.71. The van der Waals surface area contributed by atoms with Gasteiger partial charge in [-0.1, -0.05) is 6.92 Å². The largest absolute Gasteiger partial charge is 0.377 e. The quantitative estimate of drug-likeness (QED) is 0.588. The van der Waals surface area contributed by atoms with Crippen LogP contribution in [0.4, 0.5) is 0 Å². The zero-order chi connectivity index (χ0) is 9.73. The third-order valence-corrected chi connectivity index (χ3v) is 2.67. The van der Waals surface area contributed by atoms with E-state index in [1.807, 2.05) is 6.92 Å². The summed E-state index contributed by atoms with van der Waals surface area (Å²) in [6, 6.07) is 0. The summed E-state index contributed by atoms with van der Waals surface area (Å²) >= 11 is 0. The molecule has 2 fully saturated rings. The van der Waals surface area contributed by atoms with Crippen molar-refractivity contribution < 1.29 is 14.2 Å². The average molecular weight is 188 g/mol. The molecule has 0 amide bonds. The van der Waals surface area contributed by atoms with Crippen molar-refractivity contribution in [3.8, 4) is 0 Å². The summed E-state index contributed by atoms with van der Waals surface area (Å²) in [6.45, 7) is 7.02. The van der Waals surface area contributed by atoms with E-state index in [0.717, 1.165) is 19.8 Å². The molecule has 0 N–H and O–H groups in total. The summed E-state index contributed by atoms with van der Waals surface area (Å²) in [6.07, 6.45) is 2.38. The molecule has 2 rings (SSSR count). The maximum Gasteiger partial charge on any atom is 0.167 e. The standard InChI is InChI=1S/C8H16O2.C2H4O/c1-7-5-4-6-10-8(7,2)9-3;1-2-3-1/h7H,4-6H2,1-3H3;1-2H2. The summed E-state index contributed by atoms with van der Waals surface area (Å²) < 4.78 is 15.3. The van der Waals surface area contributed by atoms with E-state index in [-0.39, 0.29) is 5.79 Å². The monoisotopic (exact) mass is 188 g/mol. The highest BCUT2D eigenvalue weighted by Crippen LogP contribution is 2.30. The lowest BCUT2D eigenvalue weighted by Crippen LogP contribution is -2.41. The van der Waals surface area contributed by atoms with E-state index >= 15 is 0 Å². The molecule has 2 heterocycles. The molecule has 0 aromatic heterocycles. The van der Waals surface area contributed by atoms with Crippen LogP contribution in [-0.4, -0.2) is 32.7 Å². The lowest BCUT2D eigenvalue weighted by molar-refractivity contribution is -0.256. The Kier molecular flexibility index (Phi) is 4.16. The normalized spacial score (nSPS) is 37.6. The lowest BCUT2D eigenvalue weighted by atomic mass is 9.94. The fraction of sp³-hybridized carbons (Fsp3) is 1.00. The third kappa shape index (κ3) is 3.63. The second-order valence-corrected chi connectivity index (χ2v) is 3.72. The SMILES string of the molecule is C1CO1.COC1(C)OCCCC1C. The third-order valence-electron chi connectivity index (χ3n) is 2.67. The Hall–Kier alpha value is -0.120. The Morgan fingerprint density at radius 3 is 2.23 bits per heavy atom. The van der Waals surface area contributed by atoms with Gasteiger partial charge in [-0.2, -0.15) is 0 Å². The minimum absolute atomic E-state index is 0.321. The van der Waals surface area contributed by atoms with Crippen LogP contribution < -0.4 is 0 Å². The van der Waals surface area contributed by atoms with Gasteiger partial charge in [-0.05, 0) is 19.8 Å². The molecular weight excluding hydrogens is 168 g/mol. The number of ether oxygens (including phenoxy) is 3. The lowest BCUT2D eigenvalue weighted by Gasteiger charge is -2.37. The molecule has 0 aromatic carbocycles. The molecule has 0 aromatic rings. The number of methoxy groups -OCH3 is 1. The Morgan fingerprint density at radius 2 is 1.92 bits per heavy atom. The van der Waals surface area contributed by atoms with E-state index < -0.39 is 0 Å². The fourth-order valence-electron chi connectivity index (χ4n) is 1.33. The van der Waals surface area contributed by atoms with Crippen LogP contribution in [0.25, 0.3) is 0 Å². The van der Waals surface area contributed by atoms with Gasteiger partial charge >= 0.3 is 0 Å². The first kappa shape index (κ1) is 11.0. The minimum atomic E-state index is -0.321. The molecule has 0 saturated carbocycles. The van der Waals surface area contributed by atoms with Gasteiger partial charge < -0.3 is 14.2 Å². The van der Waals surface area contributed by atoms with Crippen molar-refractivity contribution >= 4 is 0 Å². The molecule has 3 heteroatoms. The van der Waals surface area contributed by atoms with Gasteiger partial charge in [0, 0.05) is 13.0 Å². The Balaban J connectivity index is 0.000000236. The second-order valence-electron chi connectivity index (χ2n) is 3.72. The molecule has 0 spiro atoms. The molecule has 2 saturated heterocycles. The van der Waals surface area contributed by atoms with Crippen LogP contribution in [0.15, 0.2) is 0 Å². The molecular formula is C10H20O3. The van der Waals surface area contributed by atoms with E-state index in [2.05, 4.69) is 11.7 Å². The number of epoxide rings is 1. The predicted molar refractivity (Wildman–Crippen MR) is 50.6 cm³/mol. The second kappa shape index (κ2) is 4.94. The first-order valence-electron chi connectivity index (χ1n) is 4.96. The average Bonchev–Trinajstić information content (AvgIpc) is 2.97. The van der Waals surface area contributed by atoms with Crippen molar-refractivity contribution in [1.82, 2.24) is 0 Å². The van der Waals surface area contributed by atoms with E-state index in [9.17, 15) is 0 Å². The van der Waals surface area contributed by atoms with Crippen LogP contribution in [0, 0.1) is 5.92 Å². The van der Waals surface area contributed by atoms with Crippen LogP contribution in [0.1, 0.15) is 26.7 Å². The maximum atomic E-state index is 5.50.